The maximum atomic E-state index is 13.2. The number of benzene rings is 1. The lowest BCUT2D eigenvalue weighted by atomic mass is 10.0. The van der Waals surface area contributed by atoms with Crippen molar-refractivity contribution in [2.75, 3.05) is 49.9 Å². The van der Waals surface area contributed by atoms with Crippen LogP contribution in [0.25, 0.3) is 11.3 Å². The molecule has 2 aromatic heterocycles. The van der Waals surface area contributed by atoms with E-state index in [0.717, 1.165) is 13.1 Å². The molecule has 4 rings (SSSR count). The van der Waals surface area contributed by atoms with E-state index in [1.807, 2.05) is 0 Å². The van der Waals surface area contributed by atoms with Crippen LogP contribution in [0.1, 0.15) is 15.9 Å². The van der Waals surface area contributed by atoms with Crippen molar-refractivity contribution < 1.29 is 9.72 Å². The van der Waals surface area contributed by atoms with Crippen molar-refractivity contribution in [1.82, 2.24) is 25.2 Å². The third kappa shape index (κ3) is 5.84. The zero-order chi connectivity index (χ0) is 24.6. The summed E-state index contributed by atoms with van der Waals surface area (Å²) in [6.07, 6.45) is 2.72. The first-order valence-electron chi connectivity index (χ1n) is 11.0. The Hall–Kier alpha value is -4.63. The van der Waals surface area contributed by atoms with Crippen LogP contribution in [-0.4, -0.2) is 70.0 Å². The van der Waals surface area contributed by atoms with Crippen LogP contribution in [0.5, 0.6) is 0 Å². The van der Waals surface area contributed by atoms with E-state index in [0.29, 0.717) is 60.3 Å². The Balaban J connectivity index is 1.48. The van der Waals surface area contributed by atoms with Gasteiger partial charge in [-0.05, 0) is 18.2 Å². The summed E-state index contributed by atoms with van der Waals surface area (Å²) in [5.41, 5.74) is 2.03. The van der Waals surface area contributed by atoms with Crippen LogP contribution >= 0.6 is 0 Å². The van der Waals surface area contributed by atoms with E-state index in [9.17, 15) is 14.9 Å². The third-order valence-corrected chi connectivity index (χ3v) is 5.38. The first-order chi connectivity index (χ1) is 17.0. The molecule has 0 spiro atoms. The maximum Gasteiger partial charge on any atom is 0.287 e. The topological polar surface area (TPSA) is 162 Å². The van der Waals surface area contributed by atoms with E-state index < -0.39 is 4.92 Å². The van der Waals surface area contributed by atoms with E-state index in [1.165, 1.54) is 24.5 Å². The van der Waals surface area contributed by atoms with E-state index in [1.54, 1.807) is 29.2 Å². The Bertz CT molecular complexity index is 1230. The predicted molar refractivity (Wildman–Crippen MR) is 129 cm³/mol. The lowest BCUT2D eigenvalue weighted by Crippen LogP contribution is -2.46. The minimum atomic E-state index is -0.502. The minimum Gasteiger partial charge on any atom is -0.368 e. The molecule has 12 nitrogen and oxygen atoms in total. The number of nitriles is 1. The largest absolute Gasteiger partial charge is 0.368 e. The third-order valence-electron chi connectivity index (χ3n) is 5.38. The molecular weight excluding hydrogens is 450 g/mol. The molecule has 1 saturated heterocycles. The number of hydrogen-bond acceptors (Lipinski definition) is 10. The summed E-state index contributed by atoms with van der Waals surface area (Å²) >= 11 is 0. The van der Waals surface area contributed by atoms with Gasteiger partial charge < -0.3 is 20.9 Å². The number of aromatic nitrogens is 3. The van der Waals surface area contributed by atoms with Crippen LogP contribution in [0, 0.1) is 21.4 Å². The highest BCUT2D eigenvalue weighted by molar-refractivity contribution is 6.00. The summed E-state index contributed by atoms with van der Waals surface area (Å²) in [7, 11) is 0. The number of anilines is 2. The first-order valence-corrected chi connectivity index (χ1v) is 11.0. The predicted octanol–water partition coefficient (Wildman–Crippen LogP) is 1.89. The summed E-state index contributed by atoms with van der Waals surface area (Å²) in [6, 6.07) is 11.9. The van der Waals surface area contributed by atoms with Crippen LogP contribution in [0.4, 0.5) is 17.5 Å². The molecule has 0 aliphatic carbocycles. The van der Waals surface area contributed by atoms with Crippen molar-refractivity contribution in [2.45, 2.75) is 0 Å². The molecule has 0 atom stereocenters. The summed E-state index contributed by atoms with van der Waals surface area (Å²) in [4.78, 5) is 38.1. The number of rotatable bonds is 8. The molecule has 1 fully saturated rings. The number of carbonyl (C=O) groups is 1. The minimum absolute atomic E-state index is 0.0761. The molecule has 0 bridgehead atoms. The molecular formula is C23H23N9O3. The van der Waals surface area contributed by atoms with Gasteiger partial charge in [0.15, 0.2) is 0 Å². The second-order valence-corrected chi connectivity index (χ2v) is 7.70. The quantitative estimate of drug-likeness (QED) is 0.250. The molecule has 3 aromatic rings. The van der Waals surface area contributed by atoms with Crippen molar-refractivity contribution in [3.8, 4) is 17.3 Å². The summed E-state index contributed by atoms with van der Waals surface area (Å²) < 4.78 is 0. The van der Waals surface area contributed by atoms with Crippen molar-refractivity contribution in [2.24, 2.45) is 0 Å². The fourth-order valence-electron chi connectivity index (χ4n) is 3.55. The summed E-state index contributed by atoms with van der Waals surface area (Å²) in [6.45, 7) is 3.57. The van der Waals surface area contributed by atoms with Crippen molar-refractivity contribution in [3.63, 3.8) is 0 Å². The van der Waals surface area contributed by atoms with Gasteiger partial charge in [-0.3, -0.25) is 14.9 Å². The van der Waals surface area contributed by atoms with Crippen molar-refractivity contribution >= 4 is 23.4 Å². The monoisotopic (exact) mass is 473 g/mol. The second kappa shape index (κ2) is 11.0. The number of pyridine rings is 1. The Kier molecular flexibility index (Phi) is 7.39. The van der Waals surface area contributed by atoms with Crippen molar-refractivity contribution in [1.29, 1.82) is 5.26 Å². The average Bonchev–Trinajstić information content (AvgIpc) is 2.91. The fourth-order valence-corrected chi connectivity index (χ4v) is 3.55. The van der Waals surface area contributed by atoms with Gasteiger partial charge in [-0.25, -0.2) is 15.0 Å². The van der Waals surface area contributed by atoms with E-state index in [-0.39, 0.29) is 11.6 Å². The number of carbonyl (C=O) groups excluding carboxylic acids is 1. The van der Waals surface area contributed by atoms with Gasteiger partial charge in [-0.1, -0.05) is 12.1 Å². The summed E-state index contributed by atoms with van der Waals surface area (Å²) in [5, 5.41) is 29.2. The molecule has 1 aromatic carbocycles. The Labute approximate surface area is 201 Å². The van der Waals surface area contributed by atoms with Gasteiger partial charge in [0, 0.05) is 57.1 Å². The van der Waals surface area contributed by atoms with Gasteiger partial charge in [-0.15, -0.1) is 0 Å². The van der Waals surface area contributed by atoms with Crippen LogP contribution in [-0.2, 0) is 0 Å². The van der Waals surface area contributed by atoms with Gasteiger partial charge >= 0.3 is 0 Å². The van der Waals surface area contributed by atoms with Crippen LogP contribution in [0.2, 0.25) is 0 Å². The normalized spacial score (nSPS) is 13.1. The summed E-state index contributed by atoms with van der Waals surface area (Å²) in [5.74, 6) is 0.719. The van der Waals surface area contributed by atoms with Crippen LogP contribution < -0.4 is 16.0 Å². The Morgan fingerprint density at radius 1 is 1.09 bits per heavy atom. The fraction of sp³-hybridized carbons (Fsp3) is 0.261. The van der Waals surface area contributed by atoms with E-state index in [2.05, 4.69) is 37.0 Å². The Morgan fingerprint density at radius 2 is 1.83 bits per heavy atom. The van der Waals surface area contributed by atoms with Crippen molar-refractivity contribution in [3.05, 3.63) is 70.0 Å². The first kappa shape index (κ1) is 23.5. The molecule has 1 amide bonds. The van der Waals surface area contributed by atoms with E-state index >= 15 is 0 Å². The molecule has 0 radical (unpaired) electrons. The van der Waals surface area contributed by atoms with Gasteiger partial charge in [0.2, 0.25) is 5.95 Å². The zero-order valence-electron chi connectivity index (χ0n) is 18.8. The molecule has 12 heteroatoms. The zero-order valence-corrected chi connectivity index (χ0v) is 18.8. The van der Waals surface area contributed by atoms with Gasteiger partial charge in [0.25, 0.3) is 11.6 Å². The molecule has 3 N–H and O–H groups in total. The standard InChI is InChI=1S/C23H23N9O3/c24-13-16-1-3-17(4-2-16)21-19(22(33)31-11-9-25-10-12-31)15-29-23(30-21)27-8-7-26-20-6-5-18(14-28-20)32(34)35/h1-6,14-15,25H,7-12H2,(H,26,28)(H,27,29,30). The molecule has 178 valence electrons. The van der Waals surface area contributed by atoms with Gasteiger partial charge in [0.1, 0.15) is 12.0 Å². The molecule has 1 aliphatic rings. The number of nitrogens with one attached hydrogen (secondary N) is 3. The van der Waals surface area contributed by atoms with Gasteiger partial charge in [0.05, 0.1) is 27.8 Å². The average molecular weight is 473 g/mol. The maximum absolute atomic E-state index is 13.2. The molecule has 1 aliphatic heterocycles. The molecule has 35 heavy (non-hydrogen) atoms. The molecule has 3 heterocycles. The SMILES string of the molecule is N#Cc1ccc(-c2nc(NCCNc3ccc([N+](=O)[O-])cn3)ncc2C(=O)N2CCNCC2)cc1. The van der Waals surface area contributed by atoms with E-state index in [4.69, 9.17) is 5.26 Å². The Morgan fingerprint density at radius 3 is 2.49 bits per heavy atom. The smallest absolute Gasteiger partial charge is 0.287 e. The highest BCUT2D eigenvalue weighted by Gasteiger charge is 2.23. The lowest BCUT2D eigenvalue weighted by Gasteiger charge is -2.28. The van der Waals surface area contributed by atoms with Crippen LogP contribution in [0.3, 0.4) is 0 Å². The molecule has 0 unspecified atom stereocenters. The number of nitrogens with zero attached hydrogens (tertiary/aromatic N) is 6. The molecule has 0 saturated carbocycles. The van der Waals surface area contributed by atoms with Gasteiger partial charge in [-0.2, -0.15) is 5.26 Å². The second-order valence-electron chi connectivity index (χ2n) is 7.70. The highest BCUT2D eigenvalue weighted by Crippen LogP contribution is 2.24. The number of amides is 1. The lowest BCUT2D eigenvalue weighted by molar-refractivity contribution is -0.385. The highest BCUT2D eigenvalue weighted by atomic mass is 16.6. The number of piperazine rings is 1. The number of hydrogen-bond donors (Lipinski definition) is 3. The number of nitro groups is 1. The van der Waals surface area contributed by atoms with Crippen LogP contribution in [0.15, 0.2) is 48.8 Å².